The Bertz CT molecular complexity index is 1200. The van der Waals surface area contributed by atoms with Crippen LogP contribution in [-0.4, -0.2) is 25.7 Å². The first-order valence-corrected chi connectivity index (χ1v) is 10.0. The molecule has 0 bridgehead atoms. The van der Waals surface area contributed by atoms with E-state index in [2.05, 4.69) is 20.4 Å². The number of amides is 1. The van der Waals surface area contributed by atoms with E-state index in [4.69, 9.17) is 0 Å². The Morgan fingerprint density at radius 1 is 1.17 bits per heavy atom. The third-order valence-corrected chi connectivity index (χ3v) is 5.16. The molecule has 6 nitrogen and oxygen atoms in total. The fourth-order valence-corrected chi connectivity index (χ4v) is 3.75. The number of nitrogens with zero attached hydrogens (tertiary/aromatic N) is 4. The summed E-state index contributed by atoms with van der Waals surface area (Å²) in [5.74, 6) is -1.59. The number of nitrogens with one attached hydrogen (secondary N) is 1. The van der Waals surface area contributed by atoms with Gasteiger partial charge < -0.3 is 0 Å². The van der Waals surface area contributed by atoms with Crippen molar-refractivity contribution in [2.45, 2.75) is 19.8 Å². The lowest BCUT2D eigenvalue weighted by atomic mass is 10.1. The number of aromatic nitrogens is 4. The summed E-state index contributed by atoms with van der Waals surface area (Å²) < 4.78 is 28.3. The van der Waals surface area contributed by atoms with Gasteiger partial charge in [0.25, 0.3) is 5.91 Å². The summed E-state index contributed by atoms with van der Waals surface area (Å²) in [5, 5.41) is 9.12. The Labute approximate surface area is 175 Å². The maximum Gasteiger partial charge on any atom is 0.260 e. The van der Waals surface area contributed by atoms with E-state index in [1.807, 2.05) is 32.0 Å². The molecule has 3 aromatic heterocycles. The van der Waals surface area contributed by atoms with Crippen molar-refractivity contribution in [2.75, 3.05) is 5.32 Å². The molecule has 4 aromatic rings. The average molecular weight is 425 g/mol. The highest BCUT2D eigenvalue weighted by molar-refractivity contribution is 7.14. The van der Waals surface area contributed by atoms with Crippen LogP contribution in [0, 0.1) is 11.6 Å². The van der Waals surface area contributed by atoms with Gasteiger partial charge in [0.05, 0.1) is 23.1 Å². The van der Waals surface area contributed by atoms with Crippen molar-refractivity contribution < 1.29 is 13.6 Å². The van der Waals surface area contributed by atoms with E-state index in [-0.39, 0.29) is 11.8 Å². The highest BCUT2D eigenvalue weighted by Crippen LogP contribution is 2.28. The molecule has 1 N–H and O–H groups in total. The van der Waals surface area contributed by atoms with Crippen LogP contribution < -0.4 is 5.32 Å². The molecule has 0 fully saturated rings. The molecular formula is C21H17F2N5OS. The van der Waals surface area contributed by atoms with Crippen molar-refractivity contribution >= 4 is 22.4 Å². The molecule has 0 spiro atoms. The first-order chi connectivity index (χ1) is 14.4. The highest BCUT2D eigenvalue weighted by Gasteiger charge is 2.22. The van der Waals surface area contributed by atoms with E-state index in [1.165, 1.54) is 23.6 Å². The van der Waals surface area contributed by atoms with Crippen LogP contribution in [0.5, 0.6) is 0 Å². The monoisotopic (exact) mass is 425 g/mol. The molecule has 0 atom stereocenters. The van der Waals surface area contributed by atoms with Crippen LogP contribution in [-0.2, 0) is 0 Å². The molecule has 1 aromatic carbocycles. The van der Waals surface area contributed by atoms with Gasteiger partial charge in [0.1, 0.15) is 0 Å². The molecule has 0 unspecified atom stereocenters. The molecule has 9 heteroatoms. The van der Waals surface area contributed by atoms with Crippen LogP contribution in [0.2, 0.25) is 0 Å². The fourth-order valence-electron chi connectivity index (χ4n) is 3.03. The number of anilines is 1. The van der Waals surface area contributed by atoms with Crippen molar-refractivity contribution in [1.82, 2.24) is 19.7 Å². The normalized spacial score (nSPS) is 11.1. The second-order valence-corrected chi connectivity index (χ2v) is 7.68. The number of benzene rings is 1. The predicted molar refractivity (Wildman–Crippen MR) is 111 cm³/mol. The van der Waals surface area contributed by atoms with Gasteiger partial charge in [-0.05, 0) is 36.2 Å². The van der Waals surface area contributed by atoms with Crippen LogP contribution in [0.25, 0.3) is 17.1 Å². The number of carbonyl (C=O) groups excluding carboxylic acids is 1. The first kappa shape index (κ1) is 19.8. The van der Waals surface area contributed by atoms with E-state index < -0.39 is 11.6 Å². The summed E-state index contributed by atoms with van der Waals surface area (Å²) in [4.78, 5) is 21.5. The first-order valence-electron chi connectivity index (χ1n) is 9.15. The molecule has 0 radical (unpaired) electrons. The van der Waals surface area contributed by atoms with Crippen LogP contribution in [0.15, 0.2) is 54.2 Å². The zero-order valence-electron chi connectivity index (χ0n) is 16.1. The number of hydrogen-bond donors (Lipinski definition) is 1. The van der Waals surface area contributed by atoms with Gasteiger partial charge in [-0.3, -0.25) is 10.1 Å². The van der Waals surface area contributed by atoms with Crippen molar-refractivity contribution in [3.63, 3.8) is 0 Å². The van der Waals surface area contributed by atoms with Gasteiger partial charge in [-0.25, -0.2) is 23.4 Å². The second-order valence-electron chi connectivity index (χ2n) is 6.82. The summed E-state index contributed by atoms with van der Waals surface area (Å²) in [6.45, 7) is 3.94. The lowest BCUT2D eigenvalue weighted by Crippen LogP contribution is -2.15. The largest absolute Gasteiger partial charge is 0.298 e. The Kier molecular flexibility index (Phi) is 5.37. The van der Waals surface area contributed by atoms with Gasteiger partial charge in [-0.15, -0.1) is 11.3 Å². The third-order valence-electron chi connectivity index (χ3n) is 4.40. The van der Waals surface area contributed by atoms with E-state index >= 15 is 0 Å². The Morgan fingerprint density at radius 2 is 2.00 bits per heavy atom. The lowest BCUT2D eigenvalue weighted by molar-refractivity contribution is 0.102. The van der Waals surface area contributed by atoms with Gasteiger partial charge in [-0.1, -0.05) is 19.9 Å². The fraction of sp³-hybridized carbons (Fsp3) is 0.143. The summed E-state index contributed by atoms with van der Waals surface area (Å²) in [7, 11) is 0. The minimum absolute atomic E-state index is 0.0179. The van der Waals surface area contributed by atoms with Gasteiger partial charge in [-0.2, -0.15) is 5.10 Å². The summed E-state index contributed by atoms with van der Waals surface area (Å²) in [6, 6.07) is 9.03. The molecular weight excluding hydrogens is 408 g/mol. The van der Waals surface area contributed by atoms with Crippen LogP contribution in [0.4, 0.5) is 13.9 Å². The quantitative estimate of drug-likeness (QED) is 0.486. The predicted octanol–water partition coefficient (Wildman–Crippen LogP) is 5.04. The number of halogens is 2. The van der Waals surface area contributed by atoms with E-state index in [1.54, 1.807) is 16.3 Å². The molecule has 0 saturated heterocycles. The maximum absolute atomic E-state index is 13.5. The maximum atomic E-state index is 13.5. The number of rotatable bonds is 5. The number of carbonyl (C=O) groups is 1. The van der Waals surface area contributed by atoms with E-state index in [9.17, 15) is 13.6 Å². The zero-order valence-corrected chi connectivity index (χ0v) is 17.0. The van der Waals surface area contributed by atoms with Gasteiger partial charge >= 0.3 is 0 Å². The Hall–Kier alpha value is -3.46. The SMILES string of the molecule is CC(C)c1c(C(=O)Nc2nc(-c3ccc(F)c(F)c3)cs2)cnn1-c1ccccn1. The minimum atomic E-state index is -0.949. The van der Waals surface area contributed by atoms with E-state index in [0.717, 1.165) is 17.8 Å². The molecule has 4 rings (SSSR count). The van der Waals surface area contributed by atoms with Crippen molar-refractivity contribution in [1.29, 1.82) is 0 Å². The summed E-state index contributed by atoms with van der Waals surface area (Å²) in [5.41, 5.74) is 2.02. The Balaban J connectivity index is 1.60. The molecule has 0 aliphatic rings. The van der Waals surface area contributed by atoms with Crippen LogP contribution >= 0.6 is 11.3 Å². The number of pyridine rings is 1. The third kappa shape index (κ3) is 3.84. The molecule has 0 aliphatic heterocycles. The number of thiazole rings is 1. The van der Waals surface area contributed by atoms with Crippen molar-refractivity contribution in [3.05, 3.63) is 77.1 Å². The number of hydrogen-bond acceptors (Lipinski definition) is 5. The van der Waals surface area contributed by atoms with Crippen molar-refractivity contribution in [3.8, 4) is 17.1 Å². The topological polar surface area (TPSA) is 72.7 Å². The van der Waals surface area contributed by atoms with Crippen LogP contribution in [0.3, 0.4) is 0 Å². The molecule has 0 aliphatic carbocycles. The van der Waals surface area contributed by atoms with E-state index in [0.29, 0.717) is 27.8 Å². The summed E-state index contributed by atoms with van der Waals surface area (Å²) >= 11 is 1.20. The molecule has 30 heavy (non-hydrogen) atoms. The second kappa shape index (κ2) is 8.11. The lowest BCUT2D eigenvalue weighted by Gasteiger charge is -2.11. The smallest absolute Gasteiger partial charge is 0.260 e. The highest BCUT2D eigenvalue weighted by atomic mass is 32.1. The zero-order chi connectivity index (χ0) is 21.3. The van der Waals surface area contributed by atoms with Gasteiger partial charge in [0, 0.05) is 17.1 Å². The van der Waals surface area contributed by atoms with Crippen LogP contribution in [0.1, 0.15) is 35.8 Å². The van der Waals surface area contributed by atoms with Gasteiger partial charge in [0.15, 0.2) is 22.6 Å². The molecule has 152 valence electrons. The average Bonchev–Trinajstić information content (AvgIpc) is 3.38. The molecule has 0 saturated carbocycles. The molecule has 3 heterocycles. The minimum Gasteiger partial charge on any atom is -0.298 e. The van der Waals surface area contributed by atoms with Crippen molar-refractivity contribution in [2.24, 2.45) is 0 Å². The Morgan fingerprint density at radius 3 is 2.70 bits per heavy atom. The molecule has 1 amide bonds. The standard InChI is InChI=1S/C21H17F2N5OS/c1-12(2)19-14(10-25-28(19)18-5-3-4-8-24-18)20(29)27-21-26-17(11-30-21)13-6-7-15(22)16(23)9-13/h3-12H,1-2H3,(H,26,27,29). The summed E-state index contributed by atoms with van der Waals surface area (Å²) in [6.07, 6.45) is 3.17. The van der Waals surface area contributed by atoms with Gasteiger partial charge in [0.2, 0.25) is 0 Å².